The number of anilines is 1. The van der Waals surface area contributed by atoms with Crippen LogP contribution in [0.15, 0.2) is 48.5 Å². The van der Waals surface area contributed by atoms with Crippen LogP contribution in [-0.4, -0.2) is 5.11 Å². The van der Waals surface area contributed by atoms with Crippen molar-refractivity contribution in [3.63, 3.8) is 0 Å². The monoisotopic (exact) mass is 197 g/mol. The summed E-state index contributed by atoms with van der Waals surface area (Å²) in [6.07, 6.45) is -0.601. The highest BCUT2D eigenvalue weighted by molar-refractivity contribution is 5.83. The first kappa shape index (κ1) is 8.50. The van der Waals surface area contributed by atoms with E-state index in [-0.39, 0.29) is 0 Å². The van der Waals surface area contributed by atoms with Gasteiger partial charge in [0.15, 0.2) is 6.23 Å². The van der Waals surface area contributed by atoms with E-state index in [2.05, 4.69) is 11.4 Å². The van der Waals surface area contributed by atoms with Gasteiger partial charge in [0.05, 0.1) is 0 Å². The molecule has 0 aromatic heterocycles. The molecule has 1 aliphatic heterocycles. The van der Waals surface area contributed by atoms with E-state index < -0.39 is 6.23 Å². The SMILES string of the molecule is OC1Nc2ccccc2-c2ccccc21. The number of para-hydroxylation sites is 1. The summed E-state index contributed by atoms with van der Waals surface area (Å²) < 4.78 is 0. The Hall–Kier alpha value is -1.80. The zero-order valence-corrected chi connectivity index (χ0v) is 8.14. The molecule has 1 atom stereocenters. The van der Waals surface area contributed by atoms with Crippen LogP contribution in [0.3, 0.4) is 0 Å². The lowest BCUT2D eigenvalue weighted by molar-refractivity contribution is 0.207. The maximum absolute atomic E-state index is 9.90. The van der Waals surface area contributed by atoms with Crippen molar-refractivity contribution in [2.75, 3.05) is 5.32 Å². The van der Waals surface area contributed by atoms with Gasteiger partial charge in [-0.1, -0.05) is 42.5 Å². The minimum Gasteiger partial charge on any atom is -0.369 e. The summed E-state index contributed by atoms with van der Waals surface area (Å²) in [4.78, 5) is 0. The van der Waals surface area contributed by atoms with Gasteiger partial charge in [0.1, 0.15) is 0 Å². The van der Waals surface area contributed by atoms with Crippen molar-refractivity contribution in [2.24, 2.45) is 0 Å². The molecule has 15 heavy (non-hydrogen) atoms. The second kappa shape index (κ2) is 3.11. The molecule has 2 nitrogen and oxygen atoms in total. The highest BCUT2D eigenvalue weighted by atomic mass is 16.3. The highest BCUT2D eigenvalue weighted by Crippen LogP contribution is 2.38. The standard InChI is InChI=1S/C13H11NO/c15-13-11-7-2-1-5-9(11)10-6-3-4-8-12(10)14-13/h1-8,13-15H. The fourth-order valence-electron chi connectivity index (χ4n) is 2.05. The highest BCUT2D eigenvalue weighted by Gasteiger charge is 2.20. The topological polar surface area (TPSA) is 32.3 Å². The first-order chi connectivity index (χ1) is 7.36. The van der Waals surface area contributed by atoms with E-state index in [1.165, 1.54) is 0 Å². The first-order valence-corrected chi connectivity index (χ1v) is 4.99. The number of fused-ring (bicyclic) bond motifs is 3. The molecule has 2 N–H and O–H groups in total. The Balaban J connectivity index is 2.30. The largest absolute Gasteiger partial charge is 0.369 e. The Kier molecular flexibility index (Phi) is 1.76. The van der Waals surface area contributed by atoms with Crippen LogP contribution in [0.2, 0.25) is 0 Å². The number of benzene rings is 2. The number of rotatable bonds is 0. The average molecular weight is 197 g/mol. The summed E-state index contributed by atoms with van der Waals surface area (Å²) in [7, 11) is 0. The second-order valence-electron chi connectivity index (χ2n) is 3.68. The summed E-state index contributed by atoms with van der Waals surface area (Å²) >= 11 is 0. The van der Waals surface area contributed by atoms with Crippen LogP contribution in [0, 0.1) is 0 Å². The Morgan fingerprint density at radius 1 is 0.867 bits per heavy atom. The zero-order chi connectivity index (χ0) is 10.3. The summed E-state index contributed by atoms with van der Waals surface area (Å²) in [6.45, 7) is 0. The molecule has 1 heterocycles. The Labute approximate surface area is 88.2 Å². The number of nitrogens with one attached hydrogen (secondary N) is 1. The molecule has 2 heteroatoms. The molecule has 0 spiro atoms. The van der Waals surface area contributed by atoms with Crippen LogP contribution in [0.4, 0.5) is 5.69 Å². The number of aliphatic hydroxyl groups is 1. The van der Waals surface area contributed by atoms with Crippen molar-refractivity contribution >= 4 is 5.69 Å². The maximum atomic E-state index is 9.90. The van der Waals surface area contributed by atoms with Gasteiger partial charge in [0.2, 0.25) is 0 Å². The normalized spacial score (nSPS) is 17.5. The summed E-state index contributed by atoms with van der Waals surface area (Å²) in [6, 6.07) is 15.9. The van der Waals surface area contributed by atoms with Crippen LogP contribution in [-0.2, 0) is 0 Å². The van der Waals surface area contributed by atoms with Gasteiger partial charge in [0, 0.05) is 16.8 Å². The van der Waals surface area contributed by atoms with E-state index in [0.29, 0.717) is 0 Å². The maximum Gasteiger partial charge on any atom is 0.151 e. The summed E-state index contributed by atoms with van der Waals surface area (Å²) in [5, 5.41) is 13.0. The third-order valence-electron chi connectivity index (χ3n) is 2.76. The lowest BCUT2D eigenvalue weighted by atomic mass is 9.94. The van der Waals surface area contributed by atoms with E-state index in [1.807, 2.05) is 42.5 Å². The predicted octanol–water partition coefficient (Wildman–Crippen LogP) is 2.77. The number of hydrogen-bond acceptors (Lipinski definition) is 2. The first-order valence-electron chi connectivity index (χ1n) is 4.99. The summed E-state index contributed by atoms with van der Waals surface area (Å²) in [5.41, 5.74) is 4.19. The Bertz CT molecular complexity index is 507. The molecule has 3 rings (SSSR count). The van der Waals surface area contributed by atoms with E-state index in [1.54, 1.807) is 0 Å². The smallest absolute Gasteiger partial charge is 0.151 e. The molecule has 0 saturated heterocycles. The van der Waals surface area contributed by atoms with Crippen LogP contribution < -0.4 is 5.32 Å². The van der Waals surface area contributed by atoms with Crippen LogP contribution >= 0.6 is 0 Å². The Morgan fingerprint density at radius 3 is 2.40 bits per heavy atom. The van der Waals surface area contributed by atoms with E-state index in [0.717, 1.165) is 22.4 Å². The molecule has 74 valence electrons. The van der Waals surface area contributed by atoms with E-state index in [4.69, 9.17) is 0 Å². The second-order valence-corrected chi connectivity index (χ2v) is 3.68. The van der Waals surface area contributed by atoms with Crippen molar-refractivity contribution in [3.8, 4) is 11.1 Å². The molecular formula is C13H11NO. The quantitative estimate of drug-likeness (QED) is 0.680. The molecular weight excluding hydrogens is 186 g/mol. The van der Waals surface area contributed by atoms with Gasteiger partial charge >= 0.3 is 0 Å². The lowest BCUT2D eigenvalue weighted by Crippen LogP contribution is -2.15. The molecule has 0 bridgehead atoms. The van der Waals surface area contributed by atoms with Crippen molar-refractivity contribution < 1.29 is 5.11 Å². The zero-order valence-electron chi connectivity index (χ0n) is 8.14. The number of aliphatic hydroxyl groups excluding tert-OH is 1. The molecule has 0 radical (unpaired) electrons. The van der Waals surface area contributed by atoms with Crippen LogP contribution in [0.25, 0.3) is 11.1 Å². The van der Waals surface area contributed by atoms with Crippen LogP contribution in [0.5, 0.6) is 0 Å². The van der Waals surface area contributed by atoms with E-state index in [9.17, 15) is 5.11 Å². The van der Waals surface area contributed by atoms with E-state index >= 15 is 0 Å². The fraction of sp³-hybridized carbons (Fsp3) is 0.0769. The van der Waals surface area contributed by atoms with Crippen LogP contribution in [0.1, 0.15) is 11.8 Å². The molecule has 2 aromatic carbocycles. The molecule has 0 amide bonds. The van der Waals surface area contributed by atoms with Gasteiger partial charge in [-0.05, 0) is 11.6 Å². The summed E-state index contributed by atoms with van der Waals surface area (Å²) in [5.74, 6) is 0. The van der Waals surface area contributed by atoms with Gasteiger partial charge < -0.3 is 10.4 Å². The van der Waals surface area contributed by atoms with Crippen molar-refractivity contribution in [1.29, 1.82) is 0 Å². The molecule has 1 aliphatic rings. The predicted molar refractivity (Wildman–Crippen MR) is 60.5 cm³/mol. The molecule has 2 aromatic rings. The molecule has 0 fully saturated rings. The third kappa shape index (κ3) is 1.22. The van der Waals surface area contributed by atoms with Gasteiger partial charge in [0.25, 0.3) is 0 Å². The van der Waals surface area contributed by atoms with Gasteiger partial charge in [-0.2, -0.15) is 0 Å². The molecule has 0 aliphatic carbocycles. The minimum atomic E-state index is -0.601. The molecule has 0 saturated carbocycles. The van der Waals surface area contributed by atoms with Gasteiger partial charge in [-0.15, -0.1) is 0 Å². The van der Waals surface area contributed by atoms with Crippen molar-refractivity contribution in [1.82, 2.24) is 0 Å². The van der Waals surface area contributed by atoms with Crippen molar-refractivity contribution in [3.05, 3.63) is 54.1 Å². The number of hydrogen-bond donors (Lipinski definition) is 2. The fourth-order valence-corrected chi connectivity index (χ4v) is 2.05. The lowest BCUT2D eigenvalue weighted by Gasteiger charge is -2.25. The average Bonchev–Trinajstić information content (AvgIpc) is 2.30. The van der Waals surface area contributed by atoms with Gasteiger partial charge in [-0.3, -0.25) is 0 Å². The minimum absolute atomic E-state index is 0.601. The molecule has 1 unspecified atom stereocenters. The van der Waals surface area contributed by atoms with Gasteiger partial charge in [-0.25, -0.2) is 0 Å². The Morgan fingerprint density at radius 2 is 1.53 bits per heavy atom. The van der Waals surface area contributed by atoms with Crippen molar-refractivity contribution in [2.45, 2.75) is 6.23 Å². The third-order valence-corrected chi connectivity index (χ3v) is 2.76.